The van der Waals surface area contributed by atoms with Crippen molar-refractivity contribution in [2.75, 3.05) is 44.7 Å². The molecule has 0 aliphatic heterocycles. The third-order valence-electron chi connectivity index (χ3n) is 11.1. The zero-order valence-electron chi connectivity index (χ0n) is 36.8. The SMILES string of the molecule is CCCCCCCCC(CCCCCCCC)OC(=O)CCCCCCCN(CCCCCCOC(=O)OCCCCCCC)CCCNc1c(C)c(=O)c1=O. The minimum absolute atomic E-state index is 0.00895. The van der Waals surface area contributed by atoms with E-state index >= 15 is 0 Å². The molecule has 0 saturated carbocycles. The predicted octanol–water partition coefficient (Wildman–Crippen LogP) is 12.1. The van der Waals surface area contributed by atoms with Crippen molar-refractivity contribution in [2.45, 2.75) is 226 Å². The minimum atomic E-state index is -0.551. The number of anilines is 1. The molecule has 0 saturated heterocycles. The first-order valence-electron chi connectivity index (χ1n) is 23.6. The van der Waals surface area contributed by atoms with Crippen LogP contribution >= 0.6 is 0 Å². The Hall–Kier alpha value is -2.42. The van der Waals surface area contributed by atoms with Crippen molar-refractivity contribution in [1.82, 2.24) is 4.90 Å². The Morgan fingerprint density at radius 3 is 1.46 bits per heavy atom. The van der Waals surface area contributed by atoms with Gasteiger partial charge >= 0.3 is 12.1 Å². The van der Waals surface area contributed by atoms with Gasteiger partial charge in [-0.2, -0.15) is 0 Å². The second-order valence-corrected chi connectivity index (χ2v) is 16.3. The number of rotatable bonds is 41. The lowest BCUT2D eigenvalue weighted by Gasteiger charge is -2.23. The van der Waals surface area contributed by atoms with Crippen molar-refractivity contribution in [2.24, 2.45) is 0 Å². The van der Waals surface area contributed by atoms with Gasteiger partial charge in [0.1, 0.15) is 6.10 Å². The first-order chi connectivity index (χ1) is 27.3. The Kier molecular flexibility index (Phi) is 34.0. The molecule has 0 fully saturated rings. The highest BCUT2D eigenvalue weighted by molar-refractivity contribution is 5.69. The Morgan fingerprint density at radius 2 is 0.964 bits per heavy atom. The lowest BCUT2D eigenvalue weighted by molar-refractivity contribution is -0.150. The molecule has 0 atom stereocenters. The summed E-state index contributed by atoms with van der Waals surface area (Å²) in [6, 6.07) is 0. The molecule has 0 amide bonds. The molecule has 326 valence electrons. The van der Waals surface area contributed by atoms with Crippen LogP contribution < -0.4 is 16.2 Å². The number of hydrogen-bond acceptors (Lipinski definition) is 9. The molecule has 1 N–H and O–H groups in total. The van der Waals surface area contributed by atoms with Gasteiger partial charge in [-0.05, 0) is 90.8 Å². The van der Waals surface area contributed by atoms with Gasteiger partial charge in [0.15, 0.2) is 0 Å². The molecule has 1 aromatic rings. The van der Waals surface area contributed by atoms with Crippen LogP contribution in [0.1, 0.15) is 219 Å². The van der Waals surface area contributed by atoms with E-state index in [2.05, 4.69) is 31.0 Å². The van der Waals surface area contributed by atoms with Crippen LogP contribution in [-0.2, 0) is 19.0 Å². The molecule has 56 heavy (non-hydrogen) atoms. The molecular formula is C47H86N2O7. The smallest absolute Gasteiger partial charge is 0.462 e. The number of nitrogens with zero attached hydrogens (tertiary/aromatic N) is 1. The van der Waals surface area contributed by atoms with Crippen molar-refractivity contribution in [1.29, 1.82) is 0 Å². The van der Waals surface area contributed by atoms with E-state index in [-0.39, 0.29) is 17.5 Å². The van der Waals surface area contributed by atoms with Crippen LogP contribution in [0.3, 0.4) is 0 Å². The maximum absolute atomic E-state index is 12.8. The molecule has 1 aromatic carbocycles. The van der Waals surface area contributed by atoms with Gasteiger partial charge in [-0.1, -0.05) is 143 Å². The van der Waals surface area contributed by atoms with E-state index in [1.807, 2.05) is 0 Å². The van der Waals surface area contributed by atoms with E-state index < -0.39 is 11.6 Å². The summed E-state index contributed by atoms with van der Waals surface area (Å²) in [6.45, 7) is 12.9. The van der Waals surface area contributed by atoms with Gasteiger partial charge in [0.05, 0.1) is 18.9 Å². The Bertz CT molecular complexity index is 1130. The summed E-state index contributed by atoms with van der Waals surface area (Å²) in [5, 5.41) is 3.17. The fourth-order valence-electron chi connectivity index (χ4n) is 7.37. The number of carbonyl (C=O) groups is 2. The molecule has 0 bridgehead atoms. The van der Waals surface area contributed by atoms with Crippen molar-refractivity contribution in [3.05, 3.63) is 26.0 Å². The summed E-state index contributed by atoms with van der Waals surface area (Å²) in [5.74, 6) is -0.00895. The van der Waals surface area contributed by atoms with Crippen molar-refractivity contribution in [3.8, 4) is 0 Å². The molecule has 1 rings (SSSR count). The number of nitrogens with one attached hydrogen (secondary N) is 1. The van der Waals surface area contributed by atoms with Crippen LogP contribution in [0.15, 0.2) is 9.59 Å². The van der Waals surface area contributed by atoms with E-state index in [9.17, 15) is 19.2 Å². The number of hydrogen-bond donors (Lipinski definition) is 1. The second-order valence-electron chi connectivity index (χ2n) is 16.3. The summed E-state index contributed by atoms with van der Waals surface area (Å²) < 4.78 is 16.5. The first-order valence-corrected chi connectivity index (χ1v) is 23.6. The molecule has 0 aromatic heterocycles. The average molecular weight is 791 g/mol. The van der Waals surface area contributed by atoms with Gasteiger partial charge in [0, 0.05) is 18.5 Å². The van der Waals surface area contributed by atoms with Gasteiger partial charge < -0.3 is 24.4 Å². The van der Waals surface area contributed by atoms with E-state index in [1.165, 1.54) is 83.5 Å². The quantitative estimate of drug-likeness (QED) is 0.0393. The lowest BCUT2D eigenvalue weighted by Crippen LogP contribution is -2.37. The molecule has 0 unspecified atom stereocenters. The highest BCUT2D eigenvalue weighted by atomic mass is 16.7. The van der Waals surface area contributed by atoms with Gasteiger partial charge in [0.2, 0.25) is 10.9 Å². The van der Waals surface area contributed by atoms with Crippen molar-refractivity contribution < 1.29 is 23.8 Å². The monoisotopic (exact) mass is 791 g/mol. The Morgan fingerprint density at radius 1 is 0.536 bits per heavy atom. The highest BCUT2D eigenvalue weighted by Crippen LogP contribution is 2.18. The fourth-order valence-corrected chi connectivity index (χ4v) is 7.37. The van der Waals surface area contributed by atoms with Gasteiger partial charge in [-0.25, -0.2) is 4.79 Å². The Labute approximate surface area is 342 Å². The standard InChI is InChI=1S/C47H86N2O7/c1-5-8-11-14-17-24-32-42(33-25-18-15-12-9-6-2)56-43(50)34-26-19-16-20-27-36-49(38-31-35-48-44-41(4)45(51)46(44)52)37-28-21-23-30-40-55-47(53)54-39-29-22-13-10-7-3/h42,48H,5-40H2,1-4H3. The van der Waals surface area contributed by atoms with Crippen LogP contribution in [0.25, 0.3) is 0 Å². The van der Waals surface area contributed by atoms with Crippen LogP contribution in [0.5, 0.6) is 0 Å². The average Bonchev–Trinajstić information content (AvgIpc) is 3.19. The second kappa shape index (κ2) is 36.9. The molecule has 0 heterocycles. The van der Waals surface area contributed by atoms with Gasteiger partial charge in [-0.3, -0.25) is 14.4 Å². The normalized spacial score (nSPS) is 11.5. The predicted molar refractivity (Wildman–Crippen MR) is 234 cm³/mol. The maximum atomic E-state index is 12.8. The zero-order valence-corrected chi connectivity index (χ0v) is 36.8. The third-order valence-corrected chi connectivity index (χ3v) is 11.1. The fraction of sp³-hybridized carbons (Fsp3) is 0.872. The van der Waals surface area contributed by atoms with Gasteiger partial charge in [-0.15, -0.1) is 0 Å². The summed E-state index contributed by atoms with van der Waals surface area (Å²) in [5.41, 5.74) is 0.256. The molecule has 0 radical (unpaired) electrons. The van der Waals surface area contributed by atoms with Crippen LogP contribution in [0.4, 0.5) is 10.5 Å². The van der Waals surface area contributed by atoms with Crippen molar-refractivity contribution in [3.63, 3.8) is 0 Å². The van der Waals surface area contributed by atoms with Crippen molar-refractivity contribution >= 4 is 17.8 Å². The van der Waals surface area contributed by atoms with Crippen LogP contribution in [0, 0.1) is 6.92 Å². The number of esters is 1. The topological polar surface area (TPSA) is 111 Å². The summed E-state index contributed by atoms with van der Waals surface area (Å²) in [6.07, 6.45) is 33.1. The third kappa shape index (κ3) is 28.1. The van der Waals surface area contributed by atoms with Crippen LogP contribution in [0.2, 0.25) is 0 Å². The summed E-state index contributed by atoms with van der Waals surface area (Å²) in [4.78, 5) is 50.5. The van der Waals surface area contributed by atoms with E-state index in [0.29, 0.717) is 37.4 Å². The summed E-state index contributed by atoms with van der Waals surface area (Å²) in [7, 11) is 0. The number of carbonyl (C=O) groups excluding carboxylic acids is 2. The minimum Gasteiger partial charge on any atom is -0.462 e. The molecule has 9 nitrogen and oxygen atoms in total. The number of ether oxygens (including phenoxy) is 3. The molecule has 0 spiro atoms. The van der Waals surface area contributed by atoms with Crippen LogP contribution in [-0.4, -0.2) is 62.5 Å². The molecular weight excluding hydrogens is 705 g/mol. The lowest BCUT2D eigenvalue weighted by atomic mass is 10.0. The molecule has 0 aliphatic rings. The first kappa shape index (κ1) is 51.6. The molecule has 0 aliphatic carbocycles. The zero-order chi connectivity index (χ0) is 40.9. The molecule has 9 heteroatoms. The van der Waals surface area contributed by atoms with Gasteiger partial charge in [0.25, 0.3) is 0 Å². The largest absolute Gasteiger partial charge is 0.508 e. The van der Waals surface area contributed by atoms with E-state index in [1.54, 1.807) is 6.92 Å². The highest BCUT2D eigenvalue weighted by Gasteiger charge is 2.16. The Balaban J connectivity index is 2.34. The van der Waals surface area contributed by atoms with E-state index in [0.717, 1.165) is 122 Å². The number of unbranched alkanes of at least 4 members (excludes halogenated alkanes) is 21. The maximum Gasteiger partial charge on any atom is 0.508 e. The van der Waals surface area contributed by atoms with E-state index in [4.69, 9.17) is 14.2 Å². The summed E-state index contributed by atoms with van der Waals surface area (Å²) >= 11 is 0.